The molecule has 0 radical (unpaired) electrons. The van der Waals surface area contributed by atoms with Gasteiger partial charge in [0.2, 0.25) is 0 Å². The maximum Gasteiger partial charge on any atom is 0.132 e. The summed E-state index contributed by atoms with van der Waals surface area (Å²) in [6, 6.07) is 10.5. The highest BCUT2D eigenvalue weighted by molar-refractivity contribution is 6.35. The normalized spacial score (nSPS) is 16.3. The summed E-state index contributed by atoms with van der Waals surface area (Å²) in [4.78, 5) is 13.9. The molecule has 0 bridgehead atoms. The number of benzene rings is 1. The lowest BCUT2D eigenvalue weighted by Gasteiger charge is -2.10. The first-order valence-corrected chi connectivity index (χ1v) is 9.74. The number of aromatic nitrogens is 2. The van der Waals surface area contributed by atoms with E-state index in [1.807, 2.05) is 24.4 Å². The molecule has 0 unspecified atom stereocenters. The van der Waals surface area contributed by atoms with Crippen molar-refractivity contribution >= 4 is 39.5 Å². The molecule has 0 saturated carbocycles. The summed E-state index contributed by atoms with van der Waals surface area (Å²) in [5.74, 6) is -0.339. The molecule has 0 atom stereocenters. The topological polar surface area (TPSA) is 38.1 Å². The molecule has 1 aromatic carbocycles. The van der Waals surface area contributed by atoms with Gasteiger partial charge >= 0.3 is 0 Å². The van der Waals surface area contributed by atoms with Gasteiger partial charge in [-0.2, -0.15) is 0 Å². The van der Waals surface area contributed by atoms with Crippen LogP contribution >= 0.6 is 11.6 Å². The molecule has 0 spiro atoms. The zero-order valence-electron chi connectivity index (χ0n) is 15.1. The van der Waals surface area contributed by atoms with E-state index in [1.54, 1.807) is 12.1 Å². The first kappa shape index (κ1) is 17.3. The fourth-order valence-electron chi connectivity index (χ4n) is 3.81. The van der Waals surface area contributed by atoms with Crippen molar-refractivity contribution in [2.45, 2.75) is 19.3 Å². The van der Waals surface area contributed by atoms with E-state index in [4.69, 9.17) is 16.6 Å². The number of allylic oxidation sites excluding steroid dienone is 3. The molecule has 138 valence electrons. The van der Waals surface area contributed by atoms with Crippen LogP contribution in [-0.4, -0.2) is 22.2 Å². The first-order valence-electron chi connectivity index (χ1n) is 9.36. The predicted octanol–water partition coefficient (Wildman–Crippen LogP) is 5.88. The molecule has 28 heavy (non-hydrogen) atoms. The monoisotopic (exact) mass is 389 g/mol. The van der Waals surface area contributed by atoms with Gasteiger partial charge in [0.05, 0.1) is 29.0 Å². The van der Waals surface area contributed by atoms with E-state index < -0.39 is 0 Å². The minimum absolute atomic E-state index is 0.339. The molecular weight excluding hydrogens is 373 g/mol. The fourth-order valence-corrected chi connectivity index (χ4v) is 3.98. The molecule has 0 amide bonds. The minimum Gasteiger partial charge on any atom is -0.280 e. The standard InChI is InChI=1S/C23H17ClFN3/c24-16-5-6-19(25)18(12-16)23-17(9-10-26-23)20-7-8-21-22(28-20)11-15(13-27-21)14-3-1-2-4-14/h3,5-9,11-13H,1-2,4,10H2. The van der Waals surface area contributed by atoms with E-state index >= 15 is 0 Å². The fraction of sp³-hybridized carbons (Fsp3) is 0.174. The van der Waals surface area contributed by atoms with Crippen LogP contribution in [0.25, 0.3) is 22.2 Å². The minimum atomic E-state index is -0.339. The second kappa shape index (κ2) is 6.95. The highest BCUT2D eigenvalue weighted by Gasteiger charge is 2.21. The van der Waals surface area contributed by atoms with E-state index in [1.165, 1.54) is 18.1 Å². The van der Waals surface area contributed by atoms with E-state index in [0.717, 1.165) is 40.7 Å². The maximum absolute atomic E-state index is 14.4. The molecule has 5 heteroatoms. The van der Waals surface area contributed by atoms with Crippen LogP contribution in [0.2, 0.25) is 5.02 Å². The van der Waals surface area contributed by atoms with Gasteiger partial charge in [0.25, 0.3) is 0 Å². The Kier molecular flexibility index (Phi) is 4.29. The van der Waals surface area contributed by atoms with Crippen LogP contribution in [0.4, 0.5) is 4.39 Å². The number of hydrogen-bond donors (Lipinski definition) is 0. The number of rotatable bonds is 3. The smallest absolute Gasteiger partial charge is 0.132 e. The number of nitrogens with zero attached hydrogens (tertiary/aromatic N) is 3. The molecule has 2 aliphatic rings. The molecule has 5 rings (SSSR count). The van der Waals surface area contributed by atoms with Gasteiger partial charge in [0.1, 0.15) is 5.82 Å². The van der Waals surface area contributed by atoms with Crippen molar-refractivity contribution in [1.29, 1.82) is 0 Å². The molecule has 0 N–H and O–H groups in total. The van der Waals surface area contributed by atoms with Crippen LogP contribution in [0.3, 0.4) is 0 Å². The van der Waals surface area contributed by atoms with Crippen molar-refractivity contribution in [3.8, 4) is 0 Å². The molecule has 3 heterocycles. The molecule has 0 saturated heterocycles. The summed E-state index contributed by atoms with van der Waals surface area (Å²) in [6.45, 7) is 0.502. The van der Waals surface area contributed by atoms with E-state index in [9.17, 15) is 4.39 Å². The van der Waals surface area contributed by atoms with Gasteiger partial charge in [-0.05, 0) is 66.8 Å². The molecule has 1 aliphatic heterocycles. The average molecular weight is 390 g/mol. The Balaban J connectivity index is 1.56. The van der Waals surface area contributed by atoms with Crippen molar-refractivity contribution in [3.63, 3.8) is 0 Å². The highest BCUT2D eigenvalue weighted by atomic mass is 35.5. The summed E-state index contributed by atoms with van der Waals surface area (Å²) < 4.78 is 14.4. The highest BCUT2D eigenvalue weighted by Crippen LogP contribution is 2.30. The lowest BCUT2D eigenvalue weighted by molar-refractivity contribution is 0.625. The second-order valence-electron chi connectivity index (χ2n) is 7.01. The largest absolute Gasteiger partial charge is 0.280 e. The van der Waals surface area contributed by atoms with Crippen LogP contribution in [0.15, 0.2) is 59.7 Å². The van der Waals surface area contributed by atoms with E-state index in [2.05, 4.69) is 22.1 Å². The second-order valence-corrected chi connectivity index (χ2v) is 7.45. The first-order chi connectivity index (χ1) is 13.7. The Labute approximate surface area is 167 Å². The lowest BCUT2D eigenvalue weighted by Crippen LogP contribution is -2.06. The SMILES string of the molecule is Fc1ccc(Cl)cc1C1=NCC=C1c1ccc2ncc(C3=CCCC3)cc2n1. The van der Waals surface area contributed by atoms with Gasteiger partial charge in [-0.25, -0.2) is 9.37 Å². The zero-order valence-corrected chi connectivity index (χ0v) is 15.9. The molecule has 1 aliphatic carbocycles. The predicted molar refractivity (Wildman–Crippen MR) is 112 cm³/mol. The third-order valence-corrected chi connectivity index (χ3v) is 5.44. The average Bonchev–Trinajstić information content (AvgIpc) is 3.41. The summed E-state index contributed by atoms with van der Waals surface area (Å²) in [7, 11) is 0. The third kappa shape index (κ3) is 3.04. The van der Waals surface area contributed by atoms with Crippen LogP contribution in [-0.2, 0) is 0 Å². The van der Waals surface area contributed by atoms with Crippen LogP contribution < -0.4 is 0 Å². The van der Waals surface area contributed by atoms with Gasteiger partial charge in [0, 0.05) is 22.4 Å². The summed E-state index contributed by atoms with van der Waals surface area (Å²) in [5, 5.41) is 0.482. The molecular formula is C23H17ClFN3. The van der Waals surface area contributed by atoms with Crippen LogP contribution in [0.1, 0.15) is 36.1 Å². The van der Waals surface area contributed by atoms with Crippen molar-refractivity contribution in [2.24, 2.45) is 4.99 Å². The van der Waals surface area contributed by atoms with Crippen molar-refractivity contribution in [2.75, 3.05) is 6.54 Å². The lowest BCUT2D eigenvalue weighted by atomic mass is 9.99. The number of pyridine rings is 2. The van der Waals surface area contributed by atoms with Gasteiger partial charge < -0.3 is 0 Å². The van der Waals surface area contributed by atoms with Crippen LogP contribution in [0, 0.1) is 5.82 Å². The number of fused-ring (bicyclic) bond motifs is 1. The van der Waals surface area contributed by atoms with Gasteiger partial charge in [-0.15, -0.1) is 0 Å². The molecule has 2 aromatic heterocycles. The molecule has 3 aromatic rings. The van der Waals surface area contributed by atoms with Crippen LogP contribution in [0.5, 0.6) is 0 Å². The Hall–Kier alpha value is -2.85. The summed E-state index contributed by atoms with van der Waals surface area (Å²) in [6.07, 6.45) is 9.57. The van der Waals surface area contributed by atoms with Gasteiger partial charge in [-0.1, -0.05) is 23.8 Å². The molecule has 0 fully saturated rings. The zero-order chi connectivity index (χ0) is 19.1. The summed E-state index contributed by atoms with van der Waals surface area (Å²) in [5.41, 5.74) is 6.74. The number of hydrogen-bond acceptors (Lipinski definition) is 3. The third-order valence-electron chi connectivity index (χ3n) is 5.21. The molecule has 3 nitrogen and oxygen atoms in total. The Bertz CT molecular complexity index is 1190. The number of aliphatic imine (C=N–C) groups is 1. The van der Waals surface area contributed by atoms with Gasteiger partial charge in [-0.3, -0.25) is 9.98 Å². The van der Waals surface area contributed by atoms with Gasteiger partial charge in [0.15, 0.2) is 0 Å². The summed E-state index contributed by atoms with van der Waals surface area (Å²) >= 11 is 6.08. The van der Waals surface area contributed by atoms with Crippen molar-refractivity contribution < 1.29 is 4.39 Å². The number of halogens is 2. The quantitative estimate of drug-likeness (QED) is 0.561. The Morgan fingerprint density at radius 2 is 1.93 bits per heavy atom. The Morgan fingerprint density at radius 3 is 2.79 bits per heavy atom. The maximum atomic E-state index is 14.4. The van der Waals surface area contributed by atoms with E-state index in [0.29, 0.717) is 22.8 Å². The van der Waals surface area contributed by atoms with E-state index in [-0.39, 0.29) is 5.82 Å². The van der Waals surface area contributed by atoms with Crippen molar-refractivity contribution in [1.82, 2.24) is 9.97 Å². The van der Waals surface area contributed by atoms with Crippen molar-refractivity contribution in [3.05, 3.63) is 82.4 Å². The Morgan fingerprint density at radius 1 is 1.00 bits per heavy atom.